The summed E-state index contributed by atoms with van der Waals surface area (Å²) in [6.45, 7) is 0.745. The summed E-state index contributed by atoms with van der Waals surface area (Å²) in [6, 6.07) is -3.83. The molecule has 0 bridgehead atoms. The zero-order valence-electron chi connectivity index (χ0n) is 21.7. The first-order valence-electron chi connectivity index (χ1n) is 12.2. The Morgan fingerprint density at radius 1 is 0.784 bits per heavy atom. The molecule has 4 atom stereocenters. The van der Waals surface area contributed by atoms with Crippen molar-refractivity contribution in [1.29, 1.82) is 0 Å². The van der Waals surface area contributed by atoms with E-state index in [2.05, 4.69) is 20.9 Å². The number of carboxylic acids is 1. The van der Waals surface area contributed by atoms with Crippen molar-refractivity contribution in [3.8, 4) is 0 Å². The number of nitrogens with two attached hydrogens (primary N) is 4. The van der Waals surface area contributed by atoms with Crippen molar-refractivity contribution < 1.29 is 24.3 Å². The normalized spacial score (nSPS) is 14.1. The molecular formula is C22H44N8O5S2. The second kappa shape index (κ2) is 20.8. The van der Waals surface area contributed by atoms with Gasteiger partial charge in [0.1, 0.15) is 18.1 Å². The van der Waals surface area contributed by atoms with E-state index in [1.165, 1.54) is 23.5 Å². The molecular weight excluding hydrogens is 520 g/mol. The first-order chi connectivity index (χ1) is 17.6. The summed E-state index contributed by atoms with van der Waals surface area (Å²) < 4.78 is 0. The molecule has 3 amide bonds. The number of unbranched alkanes of at least 4 members (excludes halogenated alkanes) is 1. The van der Waals surface area contributed by atoms with Crippen molar-refractivity contribution in [3.05, 3.63) is 0 Å². The second-order valence-electron chi connectivity index (χ2n) is 8.42. The van der Waals surface area contributed by atoms with E-state index in [1.807, 2.05) is 12.5 Å². The first kappa shape index (κ1) is 34.8. The van der Waals surface area contributed by atoms with Crippen molar-refractivity contribution >= 4 is 53.2 Å². The molecule has 0 radical (unpaired) electrons. The highest BCUT2D eigenvalue weighted by molar-refractivity contribution is 7.98. The van der Waals surface area contributed by atoms with Crippen LogP contribution >= 0.6 is 23.5 Å². The highest BCUT2D eigenvalue weighted by Crippen LogP contribution is 2.08. The third-order valence-corrected chi connectivity index (χ3v) is 6.64. The third-order valence-electron chi connectivity index (χ3n) is 5.35. The number of nitrogens with zero attached hydrogens (tertiary/aromatic N) is 1. The lowest BCUT2D eigenvalue weighted by Gasteiger charge is -2.25. The Labute approximate surface area is 227 Å². The summed E-state index contributed by atoms with van der Waals surface area (Å²) >= 11 is 2.97. The molecule has 15 heteroatoms. The number of aliphatic carboxylic acids is 1. The molecule has 0 heterocycles. The number of thioether (sulfide) groups is 2. The van der Waals surface area contributed by atoms with Crippen LogP contribution in [0.5, 0.6) is 0 Å². The molecule has 12 N–H and O–H groups in total. The lowest BCUT2D eigenvalue weighted by Crippen LogP contribution is -2.57. The third kappa shape index (κ3) is 16.3. The number of carboxylic acid groups (broad SMARTS) is 1. The minimum absolute atomic E-state index is 0.0456. The van der Waals surface area contributed by atoms with E-state index < -0.39 is 47.9 Å². The SMILES string of the molecule is CSCCC(NC(=O)C(CCCCN)NC(=O)C(CCSC)NC(=O)C(N)CCCN=C(N)N)C(=O)O. The Morgan fingerprint density at radius 2 is 1.30 bits per heavy atom. The van der Waals surface area contributed by atoms with Gasteiger partial charge in [-0.2, -0.15) is 23.5 Å². The van der Waals surface area contributed by atoms with Crippen LogP contribution in [0.4, 0.5) is 0 Å². The van der Waals surface area contributed by atoms with E-state index in [4.69, 9.17) is 22.9 Å². The van der Waals surface area contributed by atoms with Crippen molar-refractivity contribution in [3.63, 3.8) is 0 Å². The number of hydrogen-bond acceptors (Lipinski definition) is 9. The Morgan fingerprint density at radius 3 is 1.81 bits per heavy atom. The van der Waals surface area contributed by atoms with Gasteiger partial charge in [0.15, 0.2) is 5.96 Å². The van der Waals surface area contributed by atoms with Crippen LogP contribution in [0.2, 0.25) is 0 Å². The van der Waals surface area contributed by atoms with Crippen LogP contribution in [-0.4, -0.2) is 96.0 Å². The average molecular weight is 565 g/mol. The molecule has 0 aliphatic rings. The van der Waals surface area contributed by atoms with Gasteiger partial charge in [-0.15, -0.1) is 0 Å². The number of aliphatic imine (C=N–C) groups is 1. The average Bonchev–Trinajstić information content (AvgIpc) is 2.85. The molecule has 214 valence electrons. The van der Waals surface area contributed by atoms with Gasteiger partial charge in [-0.3, -0.25) is 19.4 Å². The molecule has 0 rings (SSSR count). The lowest BCUT2D eigenvalue weighted by molar-refractivity contribution is -0.142. The number of carbonyl (C=O) groups excluding carboxylic acids is 3. The summed E-state index contributed by atoms with van der Waals surface area (Å²) in [5, 5.41) is 17.4. The Balaban J connectivity index is 5.36. The first-order valence-corrected chi connectivity index (χ1v) is 15.0. The molecule has 0 saturated heterocycles. The maximum atomic E-state index is 13.1. The van der Waals surface area contributed by atoms with Gasteiger partial charge in [-0.1, -0.05) is 0 Å². The molecule has 0 aliphatic heterocycles. The summed E-state index contributed by atoms with van der Waals surface area (Å²) in [5.41, 5.74) is 22.1. The molecule has 4 unspecified atom stereocenters. The van der Waals surface area contributed by atoms with E-state index in [0.717, 1.165) is 0 Å². The van der Waals surface area contributed by atoms with Crippen LogP contribution in [0.3, 0.4) is 0 Å². The molecule has 0 aromatic heterocycles. The van der Waals surface area contributed by atoms with Crippen molar-refractivity contribution in [2.45, 2.75) is 69.1 Å². The number of amides is 3. The zero-order valence-corrected chi connectivity index (χ0v) is 23.4. The fourth-order valence-electron chi connectivity index (χ4n) is 3.23. The van der Waals surface area contributed by atoms with Gasteiger partial charge in [0, 0.05) is 6.54 Å². The number of rotatable bonds is 21. The zero-order chi connectivity index (χ0) is 28.2. The monoisotopic (exact) mass is 564 g/mol. The fraction of sp³-hybridized carbons (Fsp3) is 0.773. The van der Waals surface area contributed by atoms with Crippen molar-refractivity contribution in [2.24, 2.45) is 27.9 Å². The second-order valence-corrected chi connectivity index (χ2v) is 10.4. The number of nitrogens with one attached hydrogen (secondary N) is 3. The Kier molecular flexibility index (Phi) is 19.5. The highest BCUT2D eigenvalue weighted by atomic mass is 32.2. The molecule has 0 aliphatic carbocycles. The predicted molar refractivity (Wildman–Crippen MR) is 150 cm³/mol. The van der Waals surface area contributed by atoms with Crippen molar-refractivity contribution in [2.75, 3.05) is 37.1 Å². The van der Waals surface area contributed by atoms with Gasteiger partial charge < -0.3 is 44.0 Å². The lowest BCUT2D eigenvalue weighted by atomic mass is 10.1. The van der Waals surface area contributed by atoms with E-state index >= 15 is 0 Å². The minimum Gasteiger partial charge on any atom is -0.480 e. The largest absolute Gasteiger partial charge is 0.480 e. The number of carbonyl (C=O) groups is 4. The van der Waals surface area contributed by atoms with E-state index in [1.54, 1.807) is 0 Å². The number of hydrogen-bond donors (Lipinski definition) is 8. The van der Waals surface area contributed by atoms with Gasteiger partial charge in [0.2, 0.25) is 17.7 Å². The molecule has 0 spiro atoms. The van der Waals surface area contributed by atoms with Gasteiger partial charge in [-0.25, -0.2) is 4.79 Å². The van der Waals surface area contributed by atoms with Gasteiger partial charge in [0.25, 0.3) is 0 Å². The summed E-state index contributed by atoms with van der Waals surface area (Å²) in [4.78, 5) is 54.1. The maximum Gasteiger partial charge on any atom is 0.326 e. The highest BCUT2D eigenvalue weighted by Gasteiger charge is 2.29. The van der Waals surface area contributed by atoms with E-state index in [-0.39, 0.29) is 18.8 Å². The topological polar surface area (TPSA) is 241 Å². The number of guanidine groups is 1. The molecule has 0 aromatic rings. The van der Waals surface area contributed by atoms with Crippen LogP contribution in [0.1, 0.15) is 44.9 Å². The molecule has 0 fully saturated rings. The molecule has 0 aromatic carbocycles. The molecule has 37 heavy (non-hydrogen) atoms. The maximum absolute atomic E-state index is 13.1. The smallest absolute Gasteiger partial charge is 0.326 e. The molecule has 0 saturated carbocycles. The van der Waals surface area contributed by atoms with Crippen molar-refractivity contribution in [1.82, 2.24) is 16.0 Å². The van der Waals surface area contributed by atoms with Gasteiger partial charge in [-0.05, 0) is 75.5 Å². The van der Waals surface area contributed by atoms with Crippen LogP contribution in [-0.2, 0) is 19.2 Å². The minimum atomic E-state index is -1.15. The Bertz CT molecular complexity index is 740. The quantitative estimate of drug-likeness (QED) is 0.0455. The van der Waals surface area contributed by atoms with Crippen LogP contribution in [0.15, 0.2) is 4.99 Å². The van der Waals surface area contributed by atoms with Crippen LogP contribution in [0, 0.1) is 0 Å². The Hall–Kier alpha value is -2.23. The predicted octanol–water partition coefficient (Wildman–Crippen LogP) is -1.46. The summed E-state index contributed by atoms with van der Waals surface area (Å²) in [5.74, 6) is -1.69. The molecule has 13 nitrogen and oxygen atoms in total. The van der Waals surface area contributed by atoms with Crippen LogP contribution < -0.4 is 38.9 Å². The van der Waals surface area contributed by atoms with E-state index in [9.17, 15) is 24.3 Å². The van der Waals surface area contributed by atoms with Gasteiger partial charge in [0.05, 0.1) is 6.04 Å². The standard InChI is InChI=1S/C22H44N8O5S2/c1-36-12-8-16(28-18(31)14(24)6-5-11-27-22(25)26)20(33)29-15(7-3-4-10-23)19(32)30-17(21(34)35)9-13-37-2/h14-17H,3-13,23-24H2,1-2H3,(H,28,31)(H,29,33)(H,30,32)(H,34,35)(H4,25,26,27). The fourth-order valence-corrected chi connectivity index (χ4v) is 4.18. The van der Waals surface area contributed by atoms with Crippen LogP contribution in [0.25, 0.3) is 0 Å². The summed E-state index contributed by atoms with van der Waals surface area (Å²) in [6.07, 6.45) is 6.55. The summed E-state index contributed by atoms with van der Waals surface area (Å²) in [7, 11) is 0. The van der Waals surface area contributed by atoms with E-state index in [0.29, 0.717) is 56.7 Å². The van der Waals surface area contributed by atoms with Gasteiger partial charge >= 0.3 is 5.97 Å².